The van der Waals surface area contributed by atoms with Gasteiger partial charge in [-0.05, 0) is 37.8 Å². The first kappa shape index (κ1) is 13.7. The molecule has 0 fully saturated rings. The molecule has 0 rings (SSSR count). The lowest BCUT2D eigenvalue weighted by Crippen LogP contribution is -1.85. The van der Waals surface area contributed by atoms with E-state index in [1.54, 1.807) is 12.2 Å². The Labute approximate surface area is 95.8 Å². The maximum atomic E-state index is 11.1. The van der Waals surface area contributed by atoms with E-state index in [1.807, 2.05) is 12.2 Å². The molecule has 3 heteroatoms. The summed E-state index contributed by atoms with van der Waals surface area (Å²) in [5.41, 5.74) is 0. The third-order valence-corrected chi connectivity index (χ3v) is 2.11. The molecule has 0 saturated carbocycles. The number of allylic oxidation sites excluding steroid dienone is 4. The van der Waals surface area contributed by atoms with Crippen LogP contribution < -0.4 is 0 Å². The highest BCUT2D eigenvalue weighted by Crippen LogP contribution is 1.96. The fourth-order valence-corrected chi connectivity index (χ4v) is 1.15. The summed E-state index contributed by atoms with van der Waals surface area (Å²) < 4.78 is 0. The number of carbonyl (C=O) groups excluding carboxylic acids is 1. The SMILES string of the molecule is O=C(C=CCCCCl)C=CCCCCl. The summed E-state index contributed by atoms with van der Waals surface area (Å²) in [5.74, 6) is 1.32. The van der Waals surface area contributed by atoms with Crippen LogP contribution in [0.15, 0.2) is 24.3 Å². The number of halogens is 2. The van der Waals surface area contributed by atoms with E-state index in [-0.39, 0.29) is 5.78 Å². The maximum absolute atomic E-state index is 11.1. The maximum Gasteiger partial charge on any atom is 0.177 e. The van der Waals surface area contributed by atoms with Crippen LogP contribution in [0.2, 0.25) is 0 Å². The van der Waals surface area contributed by atoms with Gasteiger partial charge in [0.1, 0.15) is 0 Å². The van der Waals surface area contributed by atoms with Crippen LogP contribution in [0, 0.1) is 0 Å². The minimum absolute atomic E-state index is 0.0362. The van der Waals surface area contributed by atoms with E-state index < -0.39 is 0 Å². The van der Waals surface area contributed by atoms with Gasteiger partial charge in [0.15, 0.2) is 5.78 Å². The molecule has 0 aliphatic carbocycles. The third kappa shape index (κ3) is 9.82. The van der Waals surface area contributed by atoms with Gasteiger partial charge in [-0.3, -0.25) is 4.79 Å². The van der Waals surface area contributed by atoms with E-state index in [0.29, 0.717) is 11.8 Å². The number of hydrogen-bond donors (Lipinski definition) is 0. The lowest BCUT2D eigenvalue weighted by Gasteiger charge is -1.87. The van der Waals surface area contributed by atoms with Crippen LogP contribution in [0.3, 0.4) is 0 Å². The van der Waals surface area contributed by atoms with E-state index in [1.165, 1.54) is 0 Å². The number of alkyl halides is 2. The molecule has 80 valence electrons. The van der Waals surface area contributed by atoms with Crippen molar-refractivity contribution in [3.8, 4) is 0 Å². The highest BCUT2D eigenvalue weighted by molar-refractivity contribution is 6.18. The van der Waals surface area contributed by atoms with Crippen molar-refractivity contribution in [1.82, 2.24) is 0 Å². The molecule has 0 unspecified atom stereocenters. The van der Waals surface area contributed by atoms with Crippen molar-refractivity contribution in [2.75, 3.05) is 11.8 Å². The minimum Gasteiger partial charge on any atom is -0.290 e. The van der Waals surface area contributed by atoms with Crippen LogP contribution >= 0.6 is 23.2 Å². The Morgan fingerprint density at radius 2 is 1.36 bits per heavy atom. The molecule has 0 radical (unpaired) electrons. The zero-order chi connectivity index (χ0) is 10.6. The van der Waals surface area contributed by atoms with Gasteiger partial charge in [-0.15, -0.1) is 23.2 Å². The predicted molar refractivity (Wildman–Crippen MR) is 63.2 cm³/mol. The fraction of sp³-hybridized carbons (Fsp3) is 0.545. The quantitative estimate of drug-likeness (QED) is 0.356. The molecule has 1 nitrogen and oxygen atoms in total. The molecule has 0 aliphatic heterocycles. The molecule has 14 heavy (non-hydrogen) atoms. The molecule has 0 N–H and O–H groups in total. The van der Waals surface area contributed by atoms with Crippen molar-refractivity contribution < 1.29 is 4.79 Å². The minimum atomic E-state index is 0.0362. The zero-order valence-corrected chi connectivity index (χ0v) is 9.73. The lowest BCUT2D eigenvalue weighted by molar-refractivity contribution is -0.110. The second-order valence-corrected chi connectivity index (χ2v) is 3.63. The molecule has 0 bridgehead atoms. The number of carbonyl (C=O) groups is 1. The van der Waals surface area contributed by atoms with Gasteiger partial charge < -0.3 is 0 Å². The predicted octanol–water partition coefficient (Wildman–Crippen LogP) is 3.71. The Morgan fingerprint density at radius 1 is 0.929 bits per heavy atom. The fourth-order valence-electron chi connectivity index (χ4n) is 0.845. The molecule has 0 aromatic carbocycles. The topological polar surface area (TPSA) is 17.1 Å². The summed E-state index contributed by atoms with van der Waals surface area (Å²) in [7, 11) is 0. The van der Waals surface area contributed by atoms with E-state index >= 15 is 0 Å². The lowest BCUT2D eigenvalue weighted by atomic mass is 10.2. The van der Waals surface area contributed by atoms with Crippen molar-refractivity contribution in [3.63, 3.8) is 0 Å². The van der Waals surface area contributed by atoms with Crippen molar-refractivity contribution in [2.24, 2.45) is 0 Å². The highest BCUT2D eigenvalue weighted by atomic mass is 35.5. The van der Waals surface area contributed by atoms with Crippen LogP contribution in [0.25, 0.3) is 0 Å². The first-order valence-corrected chi connectivity index (χ1v) is 5.87. The van der Waals surface area contributed by atoms with Crippen LogP contribution in [0.4, 0.5) is 0 Å². The summed E-state index contributed by atoms with van der Waals surface area (Å²) in [6, 6.07) is 0. The largest absolute Gasteiger partial charge is 0.290 e. The van der Waals surface area contributed by atoms with Gasteiger partial charge in [-0.25, -0.2) is 0 Å². The number of hydrogen-bond acceptors (Lipinski definition) is 1. The van der Waals surface area contributed by atoms with Crippen LogP contribution in [0.1, 0.15) is 25.7 Å². The molecule has 0 heterocycles. The second-order valence-electron chi connectivity index (χ2n) is 2.87. The van der Waals surface area contributed by atoms with Crippen molar-refractivity contribution in [1.29, 1.82) is 0 Å². The van der Waals surface area contributed by atoms with Gasteiger partial charge >= 0.3 is 0 Å². The molecule has 0 aromatic heterocycles. The molecule has 0 aromatic rings. The normalized spacial score (nSPS) is 11.6. The number of unbranched alkanes of at least 4 members (excludes halogenated alkanes) is 2. The molecule has 0 atom stereocenters. The van der Waals surface area contributed by atoms with Gasteiger partial charge in [0.05, 0.1) is 0 Å². The first-order valence-electron chi connectivity index (χ1n) is 4.80. The van der Waals surface area contributed by atoms with Gasteiger partial charge in [0, 0.05) is 11.8 Å². The Morgan fingerprint density at radius 3 is 1.71 bits per heavy atom. The summed E-state index contributed by atoms with van der Waals surface area (Å²) in [6.45, 7) is 0. The van der Waals surface area contributed by atoms with Crippen LogP contribution in [-0.4, -0.2) is 17.5 Å². The van der Waals surface area contributed by atoms with E-state index in [4.69, 9.17) is 23.2 Å². The van der Waals surface area contributed by atoms with Gasteiger partial charge in [-0.1, -0.05) is 12.2 Å². The summed E-state index contributed by atoms with van der Waals surface area (Å²) >= 11 is 11.0. The second kappa shape index (κ2) is 10.8. The summed E-state index contributed by atoms with van der Waals surface area (Å²) in [6.07, 6.45) is 10.5. The van der Waals surface area contributed by atoms with E-state index in [9.17, 15) is 4.79 Å². The molecular formula is C11H16Cl2O. The zero-order valence-electron chi connectivity index (χ0n) is 8.22. The monoisotopic (exact) mass is 234 g/mol. The first-order chi connectivity index (χ1) is 6.81. The van der Waals surface area contributed by atoms with Crippen molar-refractivity contribution in [2.45, 2.75) is 25.7 Å². The van der Waals surface area contributed by atoms with Crippen LogP contribution in [0.5, 0.6) is 0 Å². The highest BCUT2D eigenvalue weighted by Gasteiger charge is 1.87. The number of rotatable bonds is 8. The van der Waals surface area contributed by atoms with Gasteiger partial charge in [0.25, 0.3) is 0 Å². The average molecular weight is 235 g/mol. The molecule has 0 saturated heterocycles. The van der Waals surface area contributed by atoms with Gasteiger partial charge in [-0.2, -0.15) is 0 Å². The summed E-state index contributed by atoms with van der Waals surface area (Å²) in [5, 5.41) is 0. The summed E-state index contributed by atoms with van der Waals surface area (Å²) in [4.78, 5) is 11.1. The Kier molecular flexibility index (Phi) is 10.6. The Bertz CT molecular complexity index is 177. The molecule has 0 amide bonds. The van der Waals surface area contributed by atoms with Gasteiger partial charge in [0.2, 0.25) is 0 Å². The standard InChI is InChI=1S/C11H16Cl2O/c12-9-5-1-3-7-11(14)8-4-2-6-10-13/h3-4,7-8H,1-2,5-6,9-10H2. The average Bonchev–Trinajstić information content (AvgIpc) is 2.19. The third-order valence-electron chi connectivity index (χ3n) is 1.57. The van der Waals surface area contributed by atoms with E-state index in [2.05, 4.69) is 0 Å². The number of ketones is 1. The Balaban J connectivity index is 3.53. The molecule has 0 spiro atoms. The van der Waals surface area contributed by atoms with Crippen molar-refractivity contribution >= 4 is 29.0 Å². The molecule has 0 aliphatic rings. The van der Waals surface area contributed by atoms with E-state index in [0.717, 1.165) is 25.7 Å². The van der Waals surface area contributed by atoms with Crippen molar-refractivity contribution in [3.05, 3.63) is 24.3 Å². The smallest absolute Gasteiger partial charge is 0.177 e. The van der Waals surface area contributed by atoms with Crippen LogP contribution in [-0.2, 0) is 4.79 Å². The Hall–Kier alpha value is -0.270. The molecular weight excluding hydrogens is 219 g/mol.